The summed E-state index contributed by atoms with van der Waals surface area (Å²) in [7, 11) is 0. The molecule has 4 aromatic rings. The Labute approximate surface area is 237 Å². The lowest BCUT2D eigenvalue weighted by Gasteiger charge is -2.38. The Morgan fingerprint density at radius 3 is 2.58 bits per heavy atom. The van der Waals surface area contributed by atoms with E-state index in [1.807, 2.05) is 60.0 Å². The van der Waals surface area contributed by atoms with Crippen LogP contribution in [-0.4, -0.2) is 63.2 Å². The smallest absolute Gasteiger partial charge is 0.269 e. The second-order valence-corrected chi connectivity index (χ2v) is 10.7. The molecule has 1 aliphatic heterocycles. The highest BCUT2D eigenvalue weighted by molar-refractivity contribution is 7.12. The van der Waals surface area contributed by atoms with Gasteiger partial charge in [-0.3, -0.25) is 20.5 Å². The van der Waals surface area contributed by atoms with E-state index < -0.39 is 6.10 Å². The minimum atomic E-state index is -0.553. The summed E-state index contributed by atoms with van der Waals surface area (Å²) in [5.41, 5.74) is 2.15. The fraction of sp³-hybridized carbons (Fsp3) is 0.267. The van der Waals surface area contributed by atoms with Gasteiger partial charge in [0.05, 0.1) is 16.7 Å². The number of piperidine rings is 1. The largest absolute Gasteiger partial charge is 0.426 e. The van der Waals surface area contributed by atoms with Crippen molar-refractivity contribution in [2.24, 2.45) is 0 Å². The molecule has 1 aliphatic rings. The summed E-state index contributed by atoms with van der Waals surface area (Å²) in [6.07, 6.45) is 2.78. The normalized spacial score (nSPS) is 14.9. The molecule has 10 heteroatoms. The molecule has 0 spiro atoms. The number of carbonyl (C=O) groups excluding carboxylic acids is 1. The van der Waals surface area contributed by atoms with Gasteiger partial charge in [-0.15, -0.1) is 16.4 Å². The van der Waals surface area contributed by atoms with Crippen molar-refractivity contribution in [3.8, 4) is 5.69 Å². The van der Waals surface area contributed by atoms with Crippen LogP contribution in [0.4, 0.5) is 5.82 Å². The Bertz CT molecular complexity index is 1460. The predicted molar refractivity (Wildman–Crippen MR) is 157 cm³/mol. The first-order valence-corrected chi connectivity index (χ1v) is 14.1. The lowest BCUT2D eigenvalue weighted by atomic mass is 10.0. The second-order valence-electron chi connectivity index (χ2n) is 9.77. The molecule has 3 N–H and O–H groups in total. The summed E-state index contributed by atoms with van der Waals surface area (Å²) < 4.78 is 6.83. The number of hydrogen-bond acceptors (Lipinski definition) is 8. The second kappa shape index (κ2) is 12.4. The van der Waals surface area contributed by atoms with E-state index in [4.69, 9.17) is 20.7 Å². The summed E-state index contributed by atoms with van der Waals surface area (Å²) in [6.45, 7) is 3.56. The molecule has 40 heavy (non-hydrogen) atoms. The van der Waals surface area contributed by atoms with Crippen molar-refractivity contribution in [1.82, 2.24) is 14.7 Å². The fourth-order valence-electron chi connectivity index (χ4n) is 4.95. The van der Waals surface area contributed by atoms with Crippen molar-refractivity contribution < 1.29 is 14.6 Å². The van der Waals surface area contributed by atoms with Crippen LogP contribution in [0.3, 0.4) is 0 Å². The first-order valence-electron chi connectivity index (χ1n) is 13.2. The molecule has 1 saturated heterocycles. The highest BCUT2D eigenvalue weighted by Gasteiger charge is 2.32. The molecule has 3 heterocycles. The first-order chi connectivity index (χ1) is 19.4. The number of likely N-dealkylation sites (tertiary alicyclic amines) is 1. The van der Waals surface area contributed by atoms with E-state index in [-0.39, 0.29) is 23.7 Å². The number of aliphatic hydroxyl groups is 1. The number of anilines is 1. The minimum Gasteiger partial charge on any atom is -0.426 e. The van der Waals surface area contributed by atoms with Crippen molar-refractivity contribution in [2.45, 2.75) is 31.9 Å². The fourth-order valence-corrected chi connectivity index (χ4v) is 5.61. The Kier molecular flexibility index (Phi) is 8.49. The number of nitrogens with zero attached hydrogens (tertiary/aromatic N) is 4. The topological polar surface area (TPSA) is 119 Å². The zero-order valence-electron chi connectivity index (χ0n) is 22.2. The van der Waals surface area contributed by atoms with Crippen LogP contribution in [0.25, 0.3) is 5.69 Å². The molecule has 0 bridgehead atoms. The molecule has 9 nitrogen and oxygen atoms in total. The maximum absolute atomic E-state index is 13.7. The van der Waals surface area contributed by atoms with Gasteiger partial charge in [0.25, 0.3) is 5.91 Å². The van der Waals surface area contributed by atoms with Crippen molar-refractivity contribution in [3.63, 3.8) is 0 Å². The number of thiophene rings is 1. The average Bonchev–Trinajstić information content (AvgIpc) is 3.68. The van der Waals surface area contributed by atoms with Crippen molar-refractivity contribution >= 4 is 34.9 Å². The Hall–Kier alpha value is -4.12. The van der Waals surface area contributed by atoms with Crippen LogP contribution in [-0.2, 0) is 4.74 Å². The number of amides is 1. The van der Waals surface area contributed by atoms with Crippen LogP contribution in [0.15, 0.2) is 84.4 Å². The summed E-state index contributed by atoms with van der Waals surface area (Å²) in [4.78, 5) is 18.4. The van der Waals surface area contributed by atoms with Crippen LogP contribution in [0.1, 0.15) is 46.7 Å². The lowest BCUT2D eigenvalue weighted by molar-refractivity contribution is 0.0883. The third kappa shape index (κ3) is 6.36. The monoisotopic (exact) mass is 556 g/mol. The molecule has 0 aliphatic carbocycles. The zero-order chi connectivity index (χ0) is 28.1. The molecular weight excluding hydrogens is 524 g/mol. The third-order valence-electron chi connectivity index (χ3n) is 6.94. The molecule has 5 rings (SSSR count). The number of carbonyl (C=O) groups is 1. The number of ether oxygens (including phenoxy) is 1. The van der Waals surface area contributed by atoms with Crippen molar-refractivity contribution in [1.29, 1.82) is 10.8 Å². The molecule has 1 atom stereocenters. The van der Waals surface area contributed by atoms with Gasteiger partial charge >= 0.3 is 0 Å². The maximum atomic E-state index is 13.7. The zero-order valence-corrected chi connectivity index (χ0v) is 23.1. The van der Waals surface area contributed by atoms with E-state index in [0.29, 0.717) is 28.5 Å². The van der Waals surface area contributed by atoms with Gasteiger partial charge in [0, 0.05) is 50.4 Å². The van der Waals surface area contributed by atoms with E-state index >= 15 is 0 Å². The van der Waals surface area contributed by atoms with E-state index in [2.05, 4.69) is 4.90 Å². The number of hydrogen-bond donors (Lipinski definition) is 3. The molecule has 206 valence electrons. The van der Waals surface area contributed by atoms with Gasteiger partial charge < -0.3 is 14.7 Å². The van der Waals surface area contributed by atoms with Crippen LogP contribution < -0.4 is 4.90 Å². The molecule has 0 saturated carbocycles. The van der Waals surface area contributed by atoms with E-state index in [1.165, 1.54) is 18.3 Å². The molecular formula is C30H32N6O3S. The van der Waals surface area contributed by atoms with Crippen molar-refractivity contribution in [2.75, 3.05) is 24.5 Å². The third-order valence-corrected chi connectivity index (χ3v) is 7.80. The standard InChI is InChI=1S/C30H32N6O3S/c1-21(31)39-29(32)23-9-5-10-25(19-23)35-17-14-28(33-35)36(30(38)27-11-6-18-40-27)24-12-15-34(16-13-24)20-26(37)22-7-3-2-4-8-22/h2-11,14,17-19,24,26,31-32,37H,12-13,15-16,20H2,1H3. The molecule has 1 amide bonds. The van der Waals surface area contributed by atoms with Gasteiger partial charge in [-0.1, -0.05) is 42.5 Å². The lowest BCUT2D eigenvalue weighted by Crippen LogP contribution is -2.48. The van der Waals surface area contributed by atoms with Crippen LogP contribution in [0.2, 0.25) is 0 Å². The van der Waals surface area contributed by atoms with Gasteiger partial charge in [0.15, 0.2) is 11.7 Å². The summed E-state index contributed by atoms with van der Waals surface area (Å²) in [6, 6.07) is 22.4. The molecule has 2 aromatic heterocycles. The van der Waals surface area contributed by atoms with Crippen LogP contribution in [0, 0.1) is 10.8 Å². The number of benzene rings is 2. The first kappa shape index (κ1) is 27.4. The van der Waals surface area contributed by atoms with Gasteiger partial charge in [0.1, 0.15) is 0 Å². The van der Waals surface area contributed by atoms with E-state index in [1.54, 1.807) is 34.0 Å². The number of rotatable bonds is 8. The number of β-amino-alcohol motifs (C(OH)–C–C–N with tert-alkyl or cyclic N) is 1. The molecule has 2 aromatic carbocycles. The van der Waals surface area contributed by atoms with E-state index in [9.17, 15) is 9.90 Å². The van der Waals surface area contributed by atoms with Crippen LogP contribution >= 0.6 is 11.3 Å². The number of aliphatic hydroxyl groups excluding tert-OH is 1. The van der Waals surface area contributed by atoms with Gasteiger partial charge in [-0.2, -0.15) is 0 Å². The quantitative estimate of drug-likeness (QED) is 0.206. The van der Waals surface area contributed by atoms with Gasteiger partial charge in [-0.25, -0.2) is 4.68 Å². The highest BCUT2D eigenvalue weighted by Crippen LogP contribution is 2.28. The maximum Gasteiger partial charge on any atom is 0.269 e. The highest BCUT2D eigenvalue weighted by atomic mass is 32.1. The van der Waals surface area contributed by atoms with Crippen LogP contribution in [0.5, 0.6) is 0 Å². The van der Waals surface area contributed by atoms with E-state index in [0.717, 1.165) is 31.5 Å². The Morgan fingerprint density at radius 2 is 1.88 bits per heavy atom. The van der Waals surface area contributed by atoms with Gasteiger partial charge in [-0.05, 0) is 48.1 Å². The molecule has 0 radical (unpaired) electrons. The Morgan fingerprint density at radius 1 is 1.10 bits per heavy atom. The molecule has 1 unspecified atom stereocenters. The minimum absolute atomic E-state index is 0.0356. The SMILES string of the molecule is CC(=N)OC(=N)c1cccc(-n2ccc(N(C(=O)c3cccs3)C3CCN(CC(O)c4ccccc4)CC3)n2)c1. The number of nitrogens with one attached hydrogen (secondary N) is 2. The summed E-state index contributed by atoms with van der Waals surface area (Å²) >= 11 is 1.41. The molecule has 1 fully saturated rings. The van der Waals surface area contributed by atoms with Crippen molar-refractivity contribution in [3.05, 3.63) is 100 Å². The summed E-state index contributed by atoms with van der Waals surface area (Å²) in [5.74, 6) is 0.321. The van der Waals surface area contributed by atoms with Gasteiger partial charge in [0.2, 0.25) is 5.90 Å². The average molecular weight is 557 g/mol. The summed E-state index contributed by atoms with van der Waals surface area (Å²) in [5, 5.41) is 33.0. The predicted octanol–water partition coefficient (Wildman–Crippen LogP) is 5.12. The number of aromatic nitrogens is 2. The Balaban J connectivity index is 1.34.